The van der Waals surface area contributed by atoms with Gasteiger partial charge in [-0.05, 0) is 35.6 Å². The predicted octanol–water partition coefficient (Wildman–Crippen LogP) is 3.53. The van der Waals surface area contributed by atoms with E-state index in [2.05, 4.69) is 12.1 Å². The van der Waals surface area contributed by atoms with Crippen molar-refractivity contribution < 1.29 is 14.0 Å². The van der Waals surface area contributed by atoms with Gasteiger partial charge in [0.2, 0.25) is 11.8 Å². The summed E-state index contributed by atoms with van der Waals surface area (Å²) in [6.45, 7) is 2.40. The van der Waals surface area contributed by atoms with Gasteiger partial charge in [0.15, 0.2) is 0 Å². The average molecular weight is 413 g/mol. The first-order chi connectivity index (χ1) is 14.1. The molecule has 1 saturated carbocycles. The molecule has 1 aliphatic carbocycles. The van der Waals surface area contributed by atoms with Crippen LogP contribution in [0.25, 0.3) is 0 Å². The van der Waals surface area contributed by atoms with Crippen LogP contribution >= 0.6 is 11.8 Å². The first kappa shape index (κ1) is 20.0. The van der Waals surface area contributed by atoms with E-state index in [4.69, 9.17) is 0 Å². The number of piperazine rings is 1. The van der Waals surface area contributed by atoms with Crippen molar-refractivity contribution in [3.63, 3.8) is 0 Å². The molecular weight excluding hydrogens is 387 g/mol. The minimum Gasteiger partial charge on any atom is -0.339 e. The van der Waals surface area contributed by atoms with E-state index < -0.39 is 0 Å². The van der Waals surface area contributed by atoms with Crippen LogP contribution < -0.4 is 0 Å². The number of hydrogen-bond acceptors (Lipinski definition) is 3. The molecule has 29 heavy (non-hydrogen) atoms. The van der Waals surface area contributed by atoms with Crippen molar-refractivity contribution in [1.29, 1.82) is 0 Å². The smallest absolute Gasteiger partial charge is 0.232 e. The van der Waals surface area contributed by atoms with E-state index in [0.29, 0.717) is 31.9 Å². The fourth-order valence-corrected chi connectivity index (χ4v) is 4.77. The van der Waals surface area contributed by atoms with Gasteiger partial charge in [-0.2, -0.15) is 0 Å². The van der Waals surface area contributed by atoms with Gasteiger partial charge in [0.25, 0.3) is 0 Å². The number of thioether (sulfide) groups is 1. The molecule has 1 aliphatic heterocycles. The SMILES string of the molecule is O=C(CSCc1ccccc1)N1CCN(C(=O)C2CC2c2ccc(F)cc2)CC1. The predicted molar refractivity (Wildman–Crippen MR) is 113 cm³/mol. The van der Waals surface area contributed by atoms with Crippen LogP contribution in [0.4, 0.5) is 4.39 Å². The molecule has 0 bridgehead atoms. The molecule has 0 aromatic heterocycles. The van der Waals surface area contributed by atoms with E-state index in [1.165, 1.54) is 17.7 Å². The van der Waals surface area contributed by atoms with E-state index in [1.54, 1.807) is 23.9 Å². The van der Waals surface area contributed by atoms with Gasteiger partial charge in [0.05, 0.1) is 5.75 Å². The normalized spacial score (nSPS) is 21.1. The zero-order valence-corrected chi connectivity index (χ0v) is 17.1. The molecule has 0 spiro atoms. The van der Waals surface area contributed by atoms with Crippen LogP contribution in [0.1, 0.15) is 23.5 Å². The van der Waals surface area contributed by atoms with Crippen molar-refractivity contribution in [2.75, 3.05) is 31.9 Å². The van der Waals surface area contributed by atoms with E-state index in [0.717, 1.165) is 17.7 Å². The van der Waals surface area contributed by atoms with Crippen LogP contribution in [0.15, 0.2) is 54.6 Å². The maximum absolute atomic E-state index is 13.1. The highest BCUT2D eigenvalue weighted by Crippen LogP contribution is 2.48. The van der Waals surface area contributed by atoms with Crippen LogP contribution in [-0.4, -0.2) is 53.5 Å². The monoisotopic (exact) mass is 412 g/mol. The van der Waals surface area contributed by atoms with Crippen LogP contribution in [0.2, 0.25) is 0 Å². The quantitative estimate of drug-likeness (QED) is 0.729. The van der Waals surface area contributed by atoms with Crippen molar-refractivity contribution in [2.45, 2.75) is 18.1 Å². The highest BCUT2D eigenvalue weighted by Gasteiger charge is 2.46. The van der Waals surface area contributed by atoms with Gasteiger partial charge in [0.1, 0.15) is 5.82 Å². The zero-order chi connectivity index (χ0) is 20.2. The fourth-order valence-electron chi connectivity index (χ4n) is 3.88. The molecule has 2 atom stereocenters. The number of carbonyl (C=O) groups excluding carboxylic acids is 2. The number of amides is 2. The van der Waals surface area contributed by atoms with E-state index in [9.17, 15) is 14.0 Å². The second-order valence-electron chi connectivity index (χ2n) is 7.68. The Bertz CT molecular complexity index is 851. The first-order valence-corrected chi connectivity index (χ1v) is 11.2. The molecule has 2 aromatic carbocycles. The fraction of sp³-hybridized carbons (Fsp3) is 0.391. The summed E-state index contributed by atoms with van der Waals surface area (Å²) in [6, 6.07) is 16.6. The summed E-state index contributed by atoms with van der Waals surface area (Å²) in [6.07, 6.45) is 0.833. The molecule has 4 rings (SSSR count). The summed E-state index contributed by atoms with van der Waals surface area (Å²) in [4.78, 5) is 29.0. The molecule has 6 heteroatoms. The van der Waals surface area contributed by atoms with Gasteiger partial charge >= 0.3 is 0 Å². The Morgan fingerprint density at radius 2 is 1.59 bits per heavy atom. The summed E-state index contributed by atoms with van der Waals surface area (Å²) in [5.74, 6) is 1.58. The Balaban J connectivity index is 1.19. The Kier molecular flexibility index (Phi) is 6.19. The lowest BCUT2D eigenvalue weighted by Gasteiger charge is -2.35. The van der Waals surface area contributed by atoms with Gasteiger partial charge in [0, 0.05) is 37.8 Å². The van der Waals surface area contributed by atoms with Crippen LogP contribution in [0, 0.1) is 11.7 Å². The lowest BCUT2D eigenvalue weighted by Crippen LogP contribution is -2.51. The Labute approximate surface area is 175 Å². The van der Waals surface area contributed by atoms with Crippen molar-refractivity contribution in [3.05, 3.63) is 71.5 Å². The van der Waals surface area contributed by atoms with Crippen LogP contribution in [0.5, 0.6) is 0 Å². The Hall–Kier alpha value is -2.34. The van der Waals surface area contributed by atoms with Crippen molar-refractivity contribution in [3.8, 4) is 0 Å². The number of benzene rings is 2. The number of carbonyl (C=O) groups is 2. The zero-order valence-electron chi connectivity index (χ0n) is 16.3. The molecular formula is C23H25FN2O2S. The number of rotatable bonds is 6. The van der Waals surface area contributed by atoms with Gasteiger partial charge in [-0.3, -0.25) is 9.59 Å². The number of hydrogen-bond donors (Lipinski definition) is 0. The molecule has 4 nitrogen and oxygen atoms in total. The van der Waals surface area contributed by atoms with E-state index in [-0.39, 0.29) is 29.5 Å². The molecule has 0 N–H and O–H groups in total. The van der Waals surface area contributed by atoms with Crippen LogP contribution in [0.3, 0.4) is 0 Å². The summed E-state index contributed by atoms with van der Waals surface area (Å²) >= 11 is 1.63. The van der Waals surface area contributed by atoms with Gasteiger partial charge in [-0.25, -0.2) is 4.39 Å². The molecule has 152 valence electrons. The molecule has 2 unspecified atom stereocenters. The van der Waals surface area contributed by atoms with E-state index >= 15 is 0 Å². The third-order valence-corrected chi connectivity index (χ3v) is 6.68. The van der Waals surface area contributed by atoms with Crippen molar-refractivity contribution in [2.24, 2.45) is 5.92 Å². The first-order valence-electron chi connectivity index (χ1n) is 10.1. The molecule has 2 fully saturated rings. The third-order valence-electron chi connectivity index (χ3n) is 5.69. The third kappa shape index (κ3) is 4.99. The lowest BCUT2D eigenvalue weighted by atomic mass is 10.1. The summed E-state index contributed by atoms with van der Waals surface area (Å²) < 4.78 is 13.1. The highest BCUT2D eigenvalue weighted by atomic mass is 32.2. The van der Waals surface area contributed by atoms with Gasteiger partial charge in [-0.1, -0.05) is 42.5 Å². The minimum atomic E-state index is -0.250. The highest BCUT2D eigenvalue weighted by molar-refractivity contribution is 7.99. The molecule has 2 aliphatic rings. The maximum Gasteiger partial charge on any atom is 0.232 e. The van der Waals surface area contributed by atoms with Crippen LogP contribution in [-0.2, 0) is 15.3 Å². The lowest BCUT2D eigenvalue weighted by molar-refractivity contribution is -0.139. The number of nitrogens with zero attached hydrogens (tertiary/aromatic N) is 2. The molecule has 2 aromatic rings. The minimum absolute atomic E-state index is 0.00383. The molecule has 2 amide bonds. The average Bonchev–Trinajstić information content (AvgIpc) is 3.55. The summed E-state index contributed by atoms with van der Waals surface area (Å²) in [7, 11) is 0. The van der Waals surface area contributed by atoms with E-state index in [1.807, 2.05) is 28.0 Å². The topological polar surface area (TPSA) is 40.6 Å². The Morgan fingerprint density at radius 1 is 0.931 bits per heavy atom. The molecule has 1 heterocycles. The summed E-state index contributed by atoms with van der Waals surface area (Å²) in [5, 5.41) is 0. The Morgan fingerprint density at radius 3 is 2.28 bits per heavy atom. The molecule has 1 saturated heterocycles. The summed E-state index contributed by atoms with van der Waals surface area (Å²) in [5.41, 5.74) is 2.26. The van der Waals surface area contributed by atoms with Crippen molar-refractivity contribution in [1.82, 2.24) is 9.80 Å². The van der Waals surface area contributed by atoms with Gasteiger partial charge in [-0.15, -0.1) is 11.8 Å². The maximum atomic E-state index is 13.1. The standard InChI is InChI=1S/C23H25FN2O2S/c24-19-8-6-18(7-9-19)20-14-21(20)23(28)26-12-10-25(11-13-26)22(27)16-29-15-17-4-2-1-3-5-17/h1-9,20-21H,10-16H2. The number of halogens is 1. The second-order valence-corrected chi connectivity index (χ2v) is 8.67. The van der Waals surface area contributed by atoms with Gasteiger partial charge < -0.3 is 9.80 Å². The van der Waals surface area contributed by atoms with Crippen molar-refractivity contribution >= 4 is 23.6 Å². The molecule has 0 radical (unpaired) electrons. The largest absolute Gasteiger partial charge is 0.339 e. The second kappa shape index (κ2) is 8.99.